The predicted octanol–water partition coefficient (Wildman–Crippen LogP) is 2.90. The van der Waals surface area contributed by atoms with Crippen molar-refractivity contribution in [1.29, 1.82) is 0 Å². The first kappa shape index (κ1) is 16.2. The number of carbonyl (C=O) groups excluding carboxylic acids is 1. The number of thiazole rings is 1. The molecule has 3 aromatic rings. The molecule has 0 atom stereocenters. The Morgan fingerprint density at radius 2 is 2.08 bits per heavy atom. The van der Waals surface area contributed by atoms with E-state index in [2.05, 4.69) is 4.98 Å². The molecule has 0 N–H and O–H groups in total. The van der Waals surface area contributed by atoms with Crippen molar-refractivity contribution in [3.05, 3.63) is 63.5 Å². The van der Waals surface area contributed by atoms with E-state index in [0.29, 0.717) is 28.6 Å². The number of aromatic nitrogens is 2. The van der Waals surface area contributed by atoms with E-state index in [-0.39, 0.29) is 12.2 Å². The molecule has 1 aromatic carbocycles. The zero-order valence-corrected chi connectivity index (χ0v) is 13.9. The van der Waals surface area contributed by atoms with Crippen LogP contribution < -0.4 is 10.3 Å². The fourth-order valence-corrected chi connectivity index (χ4v) is 2.83. The van der Waals surface area contributed by atoms with E-state index >= 15 is 0 Å². The van der Waals surface area contributed by atoms with Crippen molar-refractivity contribution >= 4 is 22.3 Å². The SMILES string of the molecule is CCCOc1ccc(C(=O)OCc2cc(=O)n3ccsc3n2)cc1. The molecule has 0 amide bonds. The molecule has 6 nitrogen and oxygen atoms in total. The molecule has 0 saturated carbocycles. The van der Waals surface area contributed by atoms with Gasteiger partial charge >= 0.3 is 5.97 Å². The van der Waals surface area contributed by atoms with Crippen LogP contribution in [0, 0.1) is 0 Å². The van der Waals surface area contributed by atoms with E-state index in [9.17, 15) is 9.59 Å². The van der Waals surface area contributed by atoms with Gasteiger partial charge < -0.3 is 9.47 Å². The number of ether oxygens (including phenoxy) is 2. The highest BCUT2D eigenvalue weighted by atomic mass is 32.1. The van der Waals surface area contributed by atoms with Gasteiger partial charge in [-0.3, -0.25) is 9.20 Å². The van der Waals surface area contributed by atoms with Gasteiger partial charge in [-0.2, -0.15) is 0 Å². The van der Waals surface area contributed by atoms with E-state index in [4.69, 9.17) is 9.47 Å². The molecule has 0 bridgehead atoms. The number of rotatable bonds is 6. The van der Waals surface area contributed by atoms with E-state index in [1.807, 2.05) is 6.92 Å². The van der Waals surface area contributed by atoms with Crippen molar-refractivity contribution in [1.82, 2.24) is 9.38 Å². The lowest BCUT2D eigenvalue weighted by atomic mass is 10.2. The van der Waals surface area contributed by atoms with Crippen molar-refractivity contribution in [2.45, 2.75) is 20.0 Å². The monoisotopic (exact) mass is 344 g/mol. The largest absolute Gasteiger partial charge is 0.494 e. The standard InChI is InChI=1S/C17H16N2O4S/c1-2-8-22-14-5-3-12(4-6-14)16(21)23-11-13-10-15(20)19-7-9-24-17(19)18-13/h3-7,9-10H,2,8,11H2,1H3. The second-order valence-electron chi connectivity index (χ2n) is 5.09. The highest BCUT2D eigenvalue weighted by molar-refractivity contribution is 7.15. The number of hydrogen-bond acceptors (Lipinski definition) is 6. The summed E-state index contributed by atoms with van der Waals surface area (Å²) in [5, 5.41) is 1.78. The third-order valence-corrected chi connectivity index (χ3v) is 4.03. The summed E-state index contributed by atoms with van der Waals surface area (Å²) >= 11 is 1.35. The van der Waals surface area contributed by atoms with Gasteiger partial charge in [0.25, 0.3) is 5.56 Å². The summed E-state index contributed by atoms with van der Waals surface area (Å²) in [4.78, 5) is 28.8. The Morgan fingerprint density at radius 3 is 2.83 bits per heavy atom. The highest BCUT2D eigenvalue weighted by Crippen LogP contribution is 2.14. The van der Waals surface area contributed by atoms with Crippen LogP contribution in [0.15, 0.2) is 46.7 Å². The second kappa shape index (κ2) is 7.27. The number of nitrogens with zero attached hydrogens (tertiary/aromatic N) is 2. The van der Waals surface area contributed by atoms with Crippen LogP contribution in [0.2, 0.25) is 0 Å². The van der Waals surface area contributed by atoms with Gasteiger partial charge in [0.1, 0.15) is 12.4 Å². The van der Waals surface area contributed by atoms with Crippen LogP contribution >= 0.6 is 11.3 Å². The number of carbonyl (C=O) groups is 1. The lowest BCUT2D eigenvalue weighted by molar-refractivity contribution is 0.0467. The normalized spacial score (nSPS) is 10.7. The summed E-state index contributed by atoms with van der Waals surface area (Å²) in [6.07, 6.45) is 2.58. The van der Waals surface area contributed by atoms with Gasteiger partial charge in [-0.1, -0.05) is 6.92 Å². The van der Waals surface area contributed by atoms with E-state index < -0.39 is 5.97 Å². The van der Waals surface area contributed by atoms with Crippen LogP contribution in [0.1, 0.15) is 29.4 Å². The molecule has 0 radical (unpaired) electrons. The molecule has 0 fully saturated rings. The minimum Gasteiger partial charge on any atom is -0.494 e. The minimum atomic E-state index is -0.467. The molecule has 0 aliphatic carbocycles. The van der Waals surface area contributed by atoms with Crippen LogP contribution in [0.25, 0.3) is 4.96 Å². The van der Waals surface area contributed by atoms with Crippen molar-refractivity contribution in [3.8, 4) is 5.75 Å². The van der Waals surface area contributed by atoms with Gasteiger partial charge in [-0.15, -0.1) is 11.3 Å². The van der Waals surface area contributed by atoms with Gasteiger partial charge in [0, 0.05) is 17.6 Å². The molecule has 0 aliphatic heterocycles. The van der Waals surface area contributed by atoms with Gasteiger partial charge in [-0.25, -0.2) is 9.78 Å². The molecule has 24 heavy (non-hydrogen) atoms. The third-order valence-electron chi connectivity index (χ3n) is 3.27. The fraction of sp³-hybridized carbons (Fsp3) is 0.235. The summed E-state index contributed by atoms with van der Waals surface area (Å²) in [6.45, 7) is 2.62. The van der Waals surface area contributed by atoms with Crippen LogP contribution in [-0.4, -0.2) is 22.0 Å². The van der Waals surface area contributed by atoms with Crippen molar-refractivity contribution in [2.24, 2.45) is 0 Å². The lowest BCUT2D eigenvalue weighted by Crippen LogP contribution is -2.14. The van der Waals surface area contributed by atoms with Crippen LogP contribution in [0.3, 0.4) is 0 Å². The Kier molecular flexibility index (Phi) is 4.90. The van der Waals surface area contributed by atoms with Crippen molar-refractivity contribution < 1.29 is 14.3 Å². The first-order chi connectivity index (χ1) is 11.7. The molecule has 2 aromatic heterocycles. The molecule has 7 heteroatoms. The van der Waals surface area contributed by atoms with E-state index in [1.165, 1.54) is 21.8 Å². The zero-order chi connectivity index (χ0) is 16.9. The van der Waals surface area contributed by atoms with Gasteiger partial charge in [0.15, 0.2) is 4.96 Å². The Morgan fingerprint density at radius 1 is 1.29 bits per heavy atom. The summed E-state index contributed by atoms with van der Waals surface area (Å²) in [5.74, 6) is 0.247. The third kappa shape index (κ3) is 3.62. The summed E-state index contributed by atoms with van der Waals surface area (Å²) < 4.78 is 12.1. The maximum absolute atomic E-state index is 12.1. The Labute approximate surface area is 142 Å². The lowest BCUT2D eigenvalue weighted by Gasteiger charge is -2.07. The van der Waals surface area contributed by atoms with Crippen molar-refractivity contribution in [2.75, 3.05) is 6.61 Å². The zero-order valence-electron chi connectivity index (χ0n) is 13.1. The average molecular weight is 344 g/mol. The quantitative estimate of drug-likeness (QED) is 0.643. The van der Waals surface area contributed by atoms with E-state index in [1.54, 1.807) is 35.8 Å². The highest BCUT2D eigenvalue weighted by Gasteiger charge is 2.10. The Balaban J connectivity index is 1.64. The molecule has 3 rings (SSSR count). The summed E-state index contributed by atoms with van der Waals surface area (Å²) in [5.41, 5.74) is 0.663. The molecule has 0 spiro atoms. The predicted molar refractivity (Wildman–Crippen MR) is 90.7 cm³/mol. The first-order valence-electron chi connectivity index (χ1n) is 7.53. The number of esters is 1. The fourth-order valence-electron chi connectivity index (χ4n) is 2.09. The molecule has 0 saturated heterocycles. The molecular formula is C17H16N2O4S. The summed E-state index contributed by atoms with van der Waals surface area (Å²) in [7, 11) is 0. The first-order valence-corrected chi connectivity index (χ1v) is 8.41. The van der Waals surface area contributed by atoms with Gasteiger partial charge in [0.2, 0.25) is 0 Å². The minimum absolute atomic E-state index is 0.0451. The molecule has 124 valence electrons. The molecular weight excluding hydrogens is 328 g/mol. The topological polar surface area (TPSA) is 69.9 Å². The smallest absolute Gasteiger partial charge is 0.338 e. The second-order valence-corrected chi connectivity index (χ2v) is 5.96. The summed E-state index contributed by atoms with van der Waals surface area (Å²) in [6, 6.07) is 8.13. The number of hydrogen-bond donors (Lipinski definition) is 0. The van der Waals surface area contributed by atoms with Gasteiger partial charge in [-0.05, 0) is 30.7 Å². The van der Waals surface area contributed by atoms with Crippen LogP contribution in [-0.2, 0) is 11.3 Å². The number of benzene rings is 1. The van der Waals surface area contributed by atoms with Crippen molar-refractivity contribution in [3.63, 3.8) is 0 Å². The molecule has 2 heterocycles. The van der Waals surface area contributed by atoms with Crippen LogP contribution in [0.5, 0.6) is 5.75 Å². The number of fused-ring (bicyclic) bond motifs is 1. The molecule has 0 unspecified atom stereocenters. The van der Waals surface area contributed by atoms with Gasteiger partial charge in [0.05, 0.1) is 17.9 Å². The maximum atomic E-state index is 12.1. The van der Waals surface area contributed by atoms with Crippen LogP contribution in [0.4, 0.5) is 0 Å². The average Bonchev–Trinajstić information content (AvgIpc) is 3.07. The Bertz CT molecular complexity index is 899. The van der Waals surface area contributed by atoms with E-state index in [0.717, 1.165) is 6.42 Å². The maximum Gasteiger partial charge on any atom is 0.338 e. The Hall–Kier alpha value is -2.67. The molecule has 0 aliphatic rings.